The first-order chi connectivity index (χ1) is 13.6. The molecule has 0 aliphatic heterocycles. The third-order valence-corrected chi connectivity index (χ3v) is 5.25. The summed E-state index contributed by atoms with van der Waals surface area (Å²) in [5.74, 6) is 0.0426. The van der Waals surface area contributed by atoms with E-state index in [0.29, 0.717) is 18.0 Å². The Kier molecular flexibility index (Phi) is 6.79. The molecule has 0 saturated carbocycles. The fraction of sp³-hybridized carbons (Fsp3) is 0.227. The number of nitrogens with zero attached hydrogens (tertiary/aromatic N) is 1. The third-order valence-electron chi connectivity index (χ3n) is 4.49. The van der Waals surface area contributed by atoms with Crippen molar-refractivity contribution in [2.75, 3.05) is 10.8 Å². The van der Waals surface area contributed by atoms with Gasteiger partial charge in [-0.1, -0.05) is 54.6 Å². The van der Waals surface area contributed by atoms with Crippen molar-refractivity contribution in [3.63, 3.8) is 0 Å². The molecule has 0 aliphatic rings. The first-order valence-corrected chi connectivity index (χ1v) is 10.2. The maximum atomic E-state index is 12.0. The smallest absolute Gasteiger partial charge is 0.308 e. The van der Waals surface area contributed by atoms with E-state index in [2.05, 4.69) is 12.1 Å². The maximum absolute atomic E-state index is 12.0. The van der Waals surface area contributed by atoms with Crippen molar-refractivity contribution in [1.82, 2.24) is 0 Å². The molecule has 1 atom stereocenters. The summed E-state index contributed by atoms with van der Waals surface area (Å²) in [4.78, 5) is 11.4. The molecule has 28 heavy (non-hydrogen) atoms. The Morgan fingerprint density at radius 2 is 1.68 bits per heavy atom. The Morgan fingerprint density at radius 1 is 0.964 bits per heavy atom. The molecule has 146 valence electrons. The van der Waals surface area contributed by atoms with Crippen LogP contribution in [0.25, 0.3) is 10.8 Å². The average molecular weight is 397 g/mol. The Bertz CT molecular complexity index is 975. The molecule has 1 N–H and O–H groups in total. The second kappa shape index (κ2) is 9.48. The third kappa shape index (κ3) is 4.97. The minimum Gasteiger partial charge on any atom is -0.426 e. The number of anilines is 1. The van der Waals surface area contributed by atoms with Crippen LogP contribution < -0.4 is 9.04 Å². The quantitative estimate of drug-likeness (QED) is 0.258. The molecule has 0 aliphatic carbocycles. The highest BCUT2D eigenvalue weighted by molar-refractivity contribution is 7.80. The van der Waals surface area contributed by atoms with Gasteiger partial charge in [0, 0.05) is 24.2 Å². The molecule has 0 saturated heterocycles. The van der Waals surface area contributed by atoms with Gasteiger partial charge in [0.15, 0.2) is 0 Å². The number of rotatable bonds is 8. The second-order valence-electron chi connectivity index (χ2n) is 6.50. The normalized spacial score (nSPS) is 11.9. The molecule has 0 heterocycles. The minimum absolute atomic E-state index is 0.401. The lowest BCUT2D eigenvalue weighted by Gasteiger charge is -2.22. The zero-order valence-electron chi connectivity index (χ0n) is 15.7. The van der Waals surface area contributed by atoms with Gasteiger partial charge in [0.25, 0.3) is 11.3 Å². The van der Waals surface area contributed by atoms with E-state index in [0.717, 1.165) is 30.0 Å². The van der Waals surface area contributed by atoms with Crippen LogP contribution in [0.5, 0.6) is 5.75 Å². The first-order valence-electron chi connectivity index (χ1n) is 9.19. The Hall–Kier alpha value is -2.70. The van der Waals surface area contributed by atoms with E-state index < -0.39 is 17.2 Å². The minimum atomic E-state index is -2.15. The Balaban J connectivity index is 1.79. The van der Waals surface area contributed by atoms with Crippen LogP contribution in [-0.4, -0.2) is 21.3 Å². The van der Waals surface area contributed by atoms with Gasteiger partial charge in [0.2, 0.25) is 0 Å². The maximum Gasteiger partial charge on any atom is 0.308 e. The highest BCUT2D eigenvalue weighted by atomic mass is 32.2. The summed E-state index contributed by atoms with van der Waals surface area (Å²) in [7, 11) is 0. The lowest BCUT2D eigenvalue weighted by molar-refractivity contribution is -0.131. The van der Waals surface area contributed by atoms with Gasteiger partial charge in [-0.25, -0.2) is 4.21 Å². The number of hydrogen-bond donors (Lipinski definition) is 1. The lowest BCUT2D eigenvalue weighted by atomic mass is 10.1. The van der Waals surface area contributed by atoms with E-state index in [4.69, 9.17) is 4.74 Å². The zero-order chi connectivity index (χ0) is 19.9. The van der Waals surface area contributed by atoms with E-state index in [-0.39, 0.29) is 0 Å². The van der Waals surface area contributed by atoms with Crippen molar-refractivity contribution in [3.8, 4) is 5.75 Å². The molecule has 0 radical (unpaired) electrons. The predicted octanol–water partition coefficient (Wildman–Crippen LogP) is 4.73. The van der Waals surface area contributed by atoms with Crippen molar-refractivity contribution in [1.29, 1.82) is 0 Å². The Morgan fingerprint density at radius 3 is 2.39 bits per heavy atom. The van der Waals surface area contributed by atoms with E-state index in [9.17, 15) is 13.6 Å². The summed E-state index contributed by atoms with van der Waals surface area (Å²) >= 11 is -2.15. The summed E-state index contributed by atoms with van der Waals surface area (Å²) in [5, 5.41) is 1.50. The van der Waals surface area contributed by atoms with Gasteiger partial charge in [0.05, 0.1) is 5.69 Å². The largest absolute Gasteiger partial charge is 0.426 e. The molecule has 1 unspecified atom stereocenters. The van der Waals surface area contributed by atoms with Crippen LogP contribution in [0, 0.1) is 0 Å². The molecule has 0 aromatic heterocycles. The second-order valence-corrected chi connectivity index (χ2v) is 7.40. The molecule has 3 aromatic rings. The van der Waals surface area contributed by atoms with E-state index in [1.54, 1.807) is 18.2 Å². The number of hydrogen-bond acceptors (Lipinski definition) is 3. The number of carbonyl (C=O) groups is 1. The van der Waals surface area contributed by atoms with Gasteiger partial charge in [-0.05, 0) is 37.0 Å². The van der Waals surface area contributed by atoms with Gasteiger partial charge >= 0.3 is 5.97 Å². The molecule has 0 spiro atoms. The number of fused-ring (bicyclic) bond motifs is 1. The number of aryl methyl sites for hydroxylation is 1. The fourth-order valence-electron chi connectivity index (χ4n) is 3.24. The van der Waals surface area contributed by atoms with Crippen LogP contribution in [0.3, 0.4) is 0 Å². The topological polar surface area (TPSA) is 66.8 Å². The SMILES string of the molecule is CC(=O)Oc1cccc2c(N(CCCCc3ccccc3)S(=O)O)cccc12. The summed E-state index contributed by atoms with van der Waals surface area (Å²) in [5.41, 5.74) is 1.91. The molecular weight excluding hydrogens is 374 g/mol. The molecule has 3 aromatic carbocycles. The van der Waals surface area contributed by atoms with Crippen molar-refractivity contribution >= 4 is 33.7 Å². The van der Waals surface area contributed by atoms with Crippen molar-refractivity contribution in [2.45, 2.75) is 26.2 Å². The summed E-state index contributed by atoms with van der Waals surface area (Å²) < 4.78 is 28.6. The van der Waals surface area contributed by atoms with Gasteiger partial charge in [-0.3, -0.25) is 13.7 Å². The first kappa shape index (κ1) is 20.0. The number of benzene rings is 3. The molecule has 3 rings (SSSR count). The van der Waals surface area contributed by atoms with Crippen LogP contribution >= 0.6 is 0 Å². The monoisotopic (exact) mass is 397 g/mol. The van der Waals surface area contributed by atoms with Gasteiger partial charge < -0.3 is 4.74 Å². The molecule has 0 fully saturated rings. The van der Waals surface area contributed by atoms with Gasteiger partial charge in [-0.2, -0.15) is 0 Å². The average Bonchev–Trinajstić information content (AvgIpc) is 2.68. The highest BCUT2D eigenvalue weighted by Gasteiger charge is 2.16. The number of ether oxygens (including phenoxy) is 1. The molecule has 0 bridgehead atoms. The van der Waals surface area contributed by atoms with Crippen LogP contribution in [0.1, 0.15) is 25.3 Å². The zero-order valence-corrected chi connectivity index (χ0v) is 16.5. The van der Waals surface area contributed by atoms with Crippen molar-refractivity contribution in [2.24, 2.45) is 0 Å². The van der Waals surface area contributed by atoms with Crippen LogP contribution in [0.15, 0.2) is 66.7 Å². The van der Waals surface area contributed by atoms with Crippen LogP contribution in [0.2, 0.25) is 0 Å². The standard InChI is InChI=1S/C22H23NO4S/c1-17(24)27-22-15-8-12-19-20(22)13-7-14-21(19)23(28(25)26)16-6-5-11-18-9-3-2-4-10-18/h2-4,7-10,12-15H,5-6,11,16H2,1H3,(H,25,26). The van der Waals surface area contributed by atoms with E-state index in [1.165, 1.54) is 16.8 Å². The Labute approximate surface area is 167 Å². The molecule has 5 nitrogen and oxygen atoms in total. The molecule has 0 amide bonds. The van der Waals surface area contributed by atoms with E-state index in [1.807, 2.05) is 36.4 Å². The lowest BCUT2D eigenvalue weighted by Crippen LogP contribution is -2.26. The van der Waals surface area contributed by atoms with E-state index >= 15 is 0 Å². The van der Waals surface area contributed by atoms with Crippen molar-refractivity contribution in [3.05, 3.63) is 72.3 Å². The molecule has 6 heteroatoms. The summed E-state index contributed by atoms with van der Waals surface area (Å²) in [6.45, 7) is 1.80. The fourth-order valence-corrected chi connectivity index (χ4v) is 3.85. The highest BCUT2D eigenvalue weighted by Crippen LogP contribution is 2.33. The number of carbonyl (C=O) groups excluding carboxylic acids is 1. The van der Waals surface area contributed by atoms with Crippen LogP contribution in [0.4, 0.5) is 5.69 Å². The molecular formula is C22H23NO4S. The summed E-state index contributed by atoms with van der Waals surface area (Å²) in [6.07, 6.45) is 2.63. The number of unbranched alkanes of at least 4 members (excludes halogenated alkanes) is 1. The number of esters is 1. The summed E-state index contributed by atoms with van der Waals surface area (Å²) in [6, 6.07) is 21.0. The van der Waals surface area contributed by atoms with Gasteiger partial charge in [0.1, 0.15) is 5.75 Å². The van der Waals surface area contributed by atoms with Crippen molar-refractivity contribution < 1.29 is 18.3 Å². The predicted molar refractivity (Wildman–Crippen MR) is 113 cm³/mol. The van der Waals surface area contributed by atoms with Gasteiger partial charge in [-0.15, -0.1) is 0 Å². The van der Waals surface area contributed by atoms with Crippen LogP contribution in [-0.2, 0) is 22.5 Å².